The number of hydrogen-bond donors (Lipinski definition) is 1. The number of methoxy groups -OCH3 is 1. The third-order valence-corrected chi connectivity index (χ3v) is 2.44. The first-order valence-electron chi connectivity index (χ1n) is 6.30. The lowest BCUT2D eigenvalue weighted by molar-refractivity contribution is 0.0806. The van der Waals surface area contributed by atoms with E-state index in [0.717, 1.165) is 31.9 Å². The zero-order valence-corrected chi connectivity index (χ0v) is 11.3. The molecule has 0 spiro atoms. The molecule has 0 aliphatic rings. The van der Waals surface area contributed by atoms with E-state index in [1.54, 1.807) is 7.11 Å². The minimum Gasteiger partial charge on any atom is -0.491 e. The van der Waals surface area contributed by atoms with Crippen LogP contribution < -0.4 is 10.1 Å². The van der Waals surface area contributed by atoms with Crippen LogP contribution in [0.4, 0.5) is 0 Å². The third kappa shape index (κ3) is 6.59. The van der Waals surface area contributed by atoms with E-state index in [2.05, 4.69) is 17.4 Å². The molecule has 1 aromatic carbocycles. The number of hydrogen-bond acceptors (Lipinski definition) is 4. The summed E-state index contributed by atoms with van der Waals surface area (Å²) in [6.07, 6.45) is 0.926. The molecule has 18 heavy (non-hydrogen) atoms. The third-order valence-electron chi connectivity index (χ3n) is 2.44. The fraction of sp³-hybridized carbons (Fsp3) is 0.571. The summed E-state index contributed by atoms with van der Waals surface area (Å²) in [6.45, 7) is 3.54. The Hall–Kier alpha value is -1.10. The SMILES string of the molecule is CNCc1ccc(OCCOCCCOC)cc1. The molecule has 0 unspecified atom stereocenters. The fourth-order valence-corrected chi connectivity index (χ4v) is 1.53. The summed E-state index contributed by atoms with van der Waals surface area (Å²) in [7, 11) is 3.63. The van der Waals surface area contributed by atoms with Crippen LogP contribution in [0.25, 0.3) is 0 Å². The molecule has 0 heterocycles. The molecule has 0 aliphatic carbocycles. The van der Waals surface area contributed by atoms with Gasteiger partial charge in [0.05, 0.1) is 6.61 Å². The second-order valence-electron chi connectivity index (χ2n) is 3.98. The molecule has 0 aromatic heterocycles. The second kappa shape index (κ2) is 9.88. The van der Waals surface area contributed by atoms with Gasteiger partial charge in [0, 0.05) is 26.9 Å². The molecule has 0 atom stereocenters. The maximum Gasteiger partial charge on any atom is 0.119 e. The van der Waals surface area contributed by atoms with Crippen LogP contribution in [0, 0.1) is 0 Å². The Kier molecular flexibility index (Phi) is 8.21. The summed E-state index contributed by atoms with van der Waals surface area (Å²) in [4.78, 5) is 0. The highest BCUT2D eigenvalue weighted by Crippen LogP contribution is 2.11. The highest BCUT2D eigenvalue weighted by atomic mass is 16.5. The van der Waals surface area contributed by atoms with Crippen LogP contribution in [-0.2, 0) is 16.0 Å². The van der Waals surface area contributed by atoms with E-state index in [1.165, 1.54) is 5.56 Å². The molecule has 0 radical (unpaired) electrons. The predicted molar refractivity (Wildman–Crippen MR) is 72.0 cm³/mol. The number of benzene rings is 1. The van der Waals surface area contributed by atoms with Crippen molar-refractivity contribution in [2.45, 2.75) is 13.0 Å². The summed E-state index contributed by atoms with van der Waals surface area (Å²) < 4.78 is 15.9. The van der Waals surface area contributed by atoms with Gasteiger partial charge >= 0.3 is 0 Å². The van der Waals surface area contributed by atoms with Crippen molar-refractivity contribution in [2.24, 2.45) is 0 Å². The fourth-order valence-electron chi connectivity index (χ4n) is 1.53. The molecule has 0 saturated heterocycles. The second-order valence-corrected chi connectivity index (χ2v) is 3.98. The van der Waals surface area contributed by atoms with Crippen LogP contribution in [-0.4, -0.2) is 40.6 Å². The predicted octanol–water partition coefficient (Wildman–Crippen LogP) is 1.84. The van der Waals surface area contributed by atoms with Crippen molar-refractivity contribution in [3.8, 4) is 5.75 Å². The van der Waals surface area contributed by atoms with Gasteiger partial charge in [-0.25, -0.2) is 0 Å². The largest absolute Gasteiger partial charge is 0.491 e. The van der Waals surface area contributed by atoms with E-state index in [4.69, 9.17) is 14.2 Å². The van der Waals surface area contributed by atoms with E-state index in [1.807, 2.05) is 19.2 Å². The molecule has 1 aromatic rings. The van der Waals surface area contributed by atoms with Gasteiger partial charge in [-0.05, 0) is 31.2 Å². The van der Waals surface area contributed by atoms with Gasteiger partial charge in [-0.2, -0.15) is 0 Å². The maximum absolute atomic E-state index is 5.57. The van der Waals surface area contributed by atoms with Gasteiger partial charge in [0.15, 0.2) is 0 Å². The van der Waals surface area contributed by atoms with Crippen LogP contribution >= 0.6 is 0 Å². The van der Waals surface area contributed by atoms with E-state index < -0.39 is 0 Å². The highest BCUT2D eigenvalue weighted by molar-refractivity contribution is 5.27. The molecule has 0 fully saturated rings. The van der Waals surface area contributed by atoms with Crippen molar-refractivity contribution in [1.29, 1.82) is 0 Å². The van der Waals surface area contributed by atoms with Crippen LogP contribution in [0.2, 0.25) is 0 Å². The van der Waals surface area contributed by atoms with Gasteiger partial charge in [-0.1, -0.05) is 12.1 Å². The van der Waals surface area contributed by atoms with Gasteiger partial charge in [0.1, 0.15) is 12.4 Å². The zero-order valence-electron chi connectivity index (χ0n) is 11.3. The minimum absolute atomic E-state index is 0.582. The topological polar surface area (TPSA) is 39.7 Å². The average molecular weight is 253 g/mol. The van der Waals surface area contributed by atoms with Gasteiger partial charge < -0.3 is 19.5 Å². The summed E-state index contributed by atoms with van der Waals surface area (Å²) in [6, 6.07) is 8.09. The van der Waals surface area contributed by atoms with Crippen molar-refractivity contribution >= 4 is 0 Å². The number of ether oxygens (including phenoxy) is 3. The van der Waals surface area contributed by atoms with Crippen molar-refractivity contribution in [3.05, 3.63) is 29.8 Å². The zero-order chi connectivity index (χ0) is 13.1. The van der Waals surface area contributed by atoms with E-state index in [9.17, 15) is 0 Å². The highest BCUT2D eigenvalue weighted by Gasteiger charge is 1.95. The van der Waals surface area contributed by atoms with Crippen molar-refractivity contribution in [3.63, 3.8) is 0 Å². The molecule has 1 N–H and O–H groups in total. The maximum atomic E-state index is 5.57. The molecule has 4 heteroatoms. The van der Waals surface area contributed by atoms with Gasteiger partial charge in [0.2, 0.25) is 0 Å². The number of nitrogens with one attached hydrogen (secondary N) is 1. The van der Waals surface area contributed by atoms with Crippen LogP contribution in [0.5, 0.6) is 5.75 Å². The molecule has 0 bridgehead atoms. The first kappa shape index (κ1) is 15.0. The van der Waals surface area contributed by atoms with Crippen LogP contribution in [0.3, 0.4) is 0 Å². The van der Waals surface area contributed by atoms with Gasteiger partial charge in [-0.15, -0.1) is 0 Å². The Morgan fingerprint density at radius 1 is 1.00 bits per heavy atom. The van der Waals surface area contributed by atoms with Gasteiger partial charge in [0.25, 0.3) is 0 Å². The first-order chi connectivity index (χ1) is 8.86. The monoisotopic (exact) mass is 253 g/mol. The average Bonchev–Trinajstić information content (AvgIpc) is 2.40. The molecule has 102 valence electrons. The summed E-state index contributed by atoms with van der Waals surface area (Å²) in [5, 5.41) is 3.11. The summed E-state index contributed by atoms with van der Waals surface area (Å²) in [5.74, 6) is 0.885. The van der Waals surface area contributed by atoms with Crippen LogP contribution in [0.1, 0.15) is 12.0 Å². The quantitative estimate of drug-likeness (QED) is 0.646. The molecular weight excluding hydrogens is 230 g/mol. The number of rotatable bonds is 10. The summed E-state index contributed by atoms with van der Waals surface area (Å²) in [5.41, 5.74) is 1.25. The van der Waals surface area contributed by atoms with E-state index >= 15 is 0 Å². The summed E-state index contributed by atoms with van der Waals surface area (Å²) >= 11 is 0. The van der Waals surface area contributed by atoms with Crippen molar-refractivity contribution in [2.75, 3.05) is 40.6 Å². The van der Waals surface area contributed by atoms with Crippen molar-refractivity contribution in [1.82, 2.24) is 5.32 Å². The molecule has 0 amide bonds. The Morgan fingerprint density at radius 2 is 1.78 bits per heavy atom. The minimum atomic E-state index is 0.582. The lowest BCUT2D eigenvalue weighted by Crippen LogP contribution is -2.09. The standard InChI is InChI=1S/C14H23NO3/c1-15-12-13-4-6-14(7-5-13)18-11-10-17-9-3-8-16-2/h4-7,15H,3,8-12H2,1-2H3. The van der Waals surface area contributed by atoms with E-state index in [0.29, 0.717) is 13.2 Å². The Bertz CT molecular complexity index is 300. The first-order valence-corrected chi connectivity index (χ1v) is 6.30. The normalized spacial score (nSPS) is 10.6. The smallest absolute Gasteiger partial charge is 0.119 e. The Morgan fingerprint density at radius 3 is 2.44 bits per heavy atom. The Labute approximate surface area is 109 Å². The Balaban J connectivity index is 2.08. The van der Waals surface area contributed by atoms with Gasteiger partial charge in [-0.3, -0.25) is 0 Å². The lowest BCUT2D eigenvalue weighted by Gasteiger charge is -2.08. The molecule has 0 saturated carbocycles. The molecule has 4 nitrogen and oxygen atoms in total. The molecular formula is C14H23NO3. The molecule has 1 rings (SSSR count). The molecule has 0 aliphatic heterocycles. The lowest BCUT2D eigenvalue weighted by atomic mass is 10.2. The van der Waals surface area contributed by atoms with Crippen LogP contribution in [0.15, 0.2) is 24.3 Å². The van der Waals surface area contributed by atoms with Crippen molar-refractivity contribution < 1.29 is 14.2 Å². The van der Waals surface area contributed by atoms with E-state index in [-0.39, 0.29) is 0 Å².